The molecule has 0 amide bonds. The van der Waals surface area contributed by atoms with E-state index in [2.05, 4.69) is 31.1 Å². The van der Waals surface area contributed by atoms with Crippen LogP contribution >= 0.6 is 23.1 Å². The van der Waals surface area contributed by atoms with E-state index in [0.717, 1.165) is 10.0 Å². The first-order valence-electron chi connectivity index (χ1n) is 5.73. The minimum Gasteiger partial charge on any atom is -0.298 e. The molecule has 0 saturated heterocycles. The van der Waals surface area contributed by atoms with Crippen molar-refractivity contribution >= 4 is 28.9 Å². The highest BCUT2D eigenvalue weighted by Gasteiger charge is 2.22. The number of aromatic nitrogens is 1. The SMILES string of the molecule is CC(C)(C)C(=O)CSc1nc(C(C)(C)C)cs1. The first-order chi connectivity index (χ1) is 7.60. The second-order valence-electron chi connectivity index (χ2n) is 6.21. The van der Waals surface area contributed by atoms with E-state index in [-0.39, 0.29) is 16.6 Å². The van der Waals surface area contributed by atoms with E-state index in [9.17, 15) is 4.79 Å². The fourth-order valence-electron chi connectivity index (χ4n) is 1.01. The maximum absolute atomic E-state index is 11.8. The molecule has 0 unspecified atom stereocenters. The molecule has 0 aromatic carbocycles. The number of Topliss-reactive ketones (excluding diaryl/α,β-unsaturated/α-hetero) is 1. The van der Waals surface area contributed by atoms with Crippen molar-refractivity contribution in [2.45, 2.75) is 51.3 Å². The molecule has 1 aromatic rings. The first kappa shape index (κ1) is 14.7. The average Bonchev–Trinajstić information content (AvgIpc) is 2.59. The quantitative estimate of drug-likeness (QED) is 0.774. The highest BCUT2D eigenvalue weighted by molar-refractivity contribution is 8.01. The number of hydrogen-bond donors (Lipinski definition) is 0. The lowest BCUT2D eigenvalue weighted by Crippen LogP contribution is -2.21. The van der Waals surface area contributed by atoms with Crippen LogP contribution in [-0.2, 0) is 10.2 Å². The Morgan fingerprint density at radius 2 is 1.88 bits per heavy atom. The van der Waals surface area contributed by atoms with Crippen LogP contribution in [0.4, 0.5) is 0 Å². The van der Waals surface area contributed by atoms with Gasteiger partial charge in [-0.3, -0.25) is 4.79 Å². The van der Waals surface area contributed by atoms with Crippen molar-refractivity contribution in [2.75, 3.05) is 5.75 Å². The zero-order chi connectivity index (χ0) is 13.3. The summed E-state index contributed by atoms with van der Waals surface area (Å²) in [6.07, 6.45) is 0. The predicted octanol–water partition coefficient (Wildman–Crippen LogP) is 4.15. The lowest BCUT2D eigenvalue weighted by molar-refractivity contribution is -0.123. The van der Waals surface area contributed by atoms with Crippen LogP contribution in [0.15, 0.2) is 9.72 Å². The molecule has 2 nitrogen and oxygen atoms in total. The van der Waals surface area contributed by atoms with E-state index in [1.807, 2.05) is 20.8 Å². The number of thioether (sulfide) groups is 1. The standard InChI is InChI=1S/C13H21NOS2/c1-12(2,3)9-7-16-11(14-9)17-8-10(15)13(4,5)6/h7H,8H2,1-6H3. The fraction of sp³-hybridized carbons (Fsp3) is 0.692. The summed E-state index contributed by atoms with van der Waals surface area (Å²) < 4.78 is 0.993. The zero-order valence-electron chi connectivity index (χ0n) is 11.5. The molecular formula is C13H21NOS2. The van der Waals surface area contributed by atoms with Crippen LogP contribution in [0.1, 0.15) is 47.2 Å². The molecule has 96 valence electrons. The molecule has 0 fully saturated rings. The summed E-state index contributed by atoms with van der Waals surface area (Å²) in [6, 6.07) is 0. The number of thiazole rings is 1. The van der Waals surface area contributed by atoms with Gasteiger partial charge in [-0.05, 0) is 0 Å². The first-order valence-corrected chi connectivity index (χ1v) is 7.59. The van der Waals surface area contributed by atoms with Gasteiger partial charge in [0.2, 0.25) is 0 Å². The number of ketones is 1. The van der Waals surface area contributed by atoms with E-state index < -0.39 is 0 Å². The second-order valence-corrected chi connectivity index (χ2v) is 8.29. The molecule has 0 bridgehead atoms. The number of hydrogen-bond acceptors (Lipinski definition) is 4. The van der Waals surface area contributed by atoms with E-state index in [1.165, 1.54) is 0 Å². The summed E-state index contributed by atoms with van der Waals surface area (Å²) >= 11 is 3.18. The van der Waals surface area contributed by atoms with E-state index in [1.54, 1.807) is 23.1 Å². The molecule has 4 heteroatoms. The molecule has 1 rings (SSSR count). The molecule has 0 N–H and O–H groups in total. The van der Waals surface area contributed by atoms with Crippen molar-refractivity contribution in [3.8, 4) is 0 Å². The van der Waals surface area contributed by atoms with Crippen LogP contribution < -0.4 is 0 Å². The third kappa shape index (κ3) is 4.43. The maximum Gasteiger partial charge on any atom is 0.150 e. The Bertz CT molecular complexity index is 396. The normalized spacial score (nSPS) is 12.8. The summed E-state index contributed by atoms with van der Waals surface area (Å²) in [5.41, 5.74) is 0.939. The van der Waals surface area contributed by atoms with Crippen molar-refractivity contribution in [1.82, 2.24) is 4.98 Å². The van der Waals surface area contributed by atoms with Crippen molar-refractivity contribution in [1.29, 1.82) is 0 Å². The molecule has 0 atom stereocenters. The summed E-state index contributed by atoms with van der Waals surface area (Å²) in [5.74, 6) is 0.788. The van der Waals surface area contributed by atoms with Crippen molar-refractivity contribution in [2.24, 2.45) is 5.41 Å². The monoisotopic (exact) mass is 271 g/mol. The van der Waals surface area contributed by atoms with E-state index in [4.69, 9.17) is 0 Å². The van der Waals surface area contributed by atoms with Gasteiger partial charge in [0, 0.05) is 16.2 Å². The summed E-state index contributed by atoms with van der Waals surface area (Å²) in [6.45, 7) is 12.3. The van der Waals surface area contributed by atoms with Gasteiger partial charge in [-0.25, -0.2) is 4.98 Å². The third-order valence-corrected chi connectivity index (χ3v) is 4.44. The second kappa shape index (κ2) is 5.11. The molecule has 17 heavy (non-hydrogen) atoms. The Morgan fingerprint density at radius 1 is 1.29 bits per heavy atom. The molecule has 0 saturated carbocycles. The molecule has 0 spiro atoms. The van der Waals surface area contributed by atoms with Crippen LogP contribution in [-0.4, -0.2) is 16.5 Å². The Morgan fingerprint density at radius 3 is 2.29 bits per heavy atom. The number of carbonyl (C=O) groups excluding carboxylic acids is 1. The largest absolute Gasteiger partial charge is 0.298 e. The van der Waals surface area contributed by atoms with Gasteiger partial charge in [-0.2, -0.15) is 0 Å². The Hall–Kier alpha value is -0.350. The van der Waals surface area contributed by atoms with Gasteiger partial charge in [0.15, 0.2) is 4.34 Å². The summed E-state index contributed by atoms with van der Waals surface area (Å²) in [4.78, 5) is 16.4. The van der Waals surface area contributed by atoms with Crippen molar-refractivity contribution in [3.05, 3.63) is 11.1 Å². The molecule has 0 radical (unpaired) electrons. The third-order valence-electron chi connectivity index (χ3n) is 2.41. The smallest absolute Gasteiger partial charge is 0.150 e. The van der Waals surface area contributed by atoms with E-state index in [0.29, 0.717) is 5.75 Å². The average molecular weight is 271 g/mol. The van der Waals surface area contributed by atoms with Gasteiger partial charge in [-0.15, -0.1) is 11.3 Å². The minimum atomic E-state index is -0.253. The van der Waals surface area contributed by atoms with Crippen LogP contribution in [0.5, 0.6) is 0 Å². The van der Waals surface area contributed by atoms with Crippen LogP contribution in [0, 0.1) is 5.41 Å². The van der Waals surface area contributed by atoms with Gasteiger partial charge >= 0.3 is 0 Å². The van der Waals surface area contributed by atoms with Gasteiger partial charge in [0.25, 0.3) is 0 Å². The van der Waals surface area contributed by atoms with Gasteiger partial charge in [-0.1, -0.05) is 53.3 Å². The van der Waals surface area contributed by atoms with Crippen LogP contribution in [0.25, 0.3) is 0 Å². The molecule has 0 aliphatic carbocycles. The summed E-state index contributed by atoms with van der Waals surface area (Å²) in [7, 11) is 0. The van der Waals surface area contributed by atoms with Crippen molar-refractivity contribution in [3.63, 3.8) is 0 Å². The number of carbonyl (C=O) groups is 1. The fourth-order valence-corrected chi connectivity index (χ4v) is 3.23. The maximum atomic E-state index is 11.8. The highest BCUT2D eigenvalue weighted by atomic mass is 32.2. The molecule has 0 aliphatic rings. The Labute approximate surface area is 112 Å². The van der Waals surface area contributed by atoms with Gasteiger partial charge < -0.3 is 0 Å². The molecule has 0 aliphatic heterocycles. The Kier molecular flexibility index (Phi) is 4.42. The highest BCUT2D eigenvalue weighted by Crippen LogP contribution is 2.30. The Balaban J connectivity index is 2.60. The summed E-state index contributed by atoms with van der Waals surface area (Å²) in [5, 5.41) is 2.09. The number of rotatable bonds is 3. The molecular weight excluding hydrogens is 250 g/mol. The topological polar surface area (TPSA) is 30.0 Å². The van der Waals surface area contributed by atoms with Crippen molar-refractivity contribution < 1.29 is 4.79 Å². The minimum absolute atomic E-state index is 0.0867. The van der Waals surface area contributed by atoms with E-state index >= 15 is 0 Å². The van der Waals surface area contributed by atoms with Gasteiger partial charge in [0.1, 0.15) is 5.78 Å². The predicted molar refractivity (Wildman–Crippen MR) is 76.0 cm³/mol. The molecule has 1 aromatic heterocycles. The lowest BCUT2D eigenvalue weighted by atomic mass is 9.92. The lowest BCUT2D eigenvalue weighted by Gasteiger charge is -2.15. The van der Waals surface area contributed by atoms with Crippen LogP contribution in [0.2, 0.25) is 0 Å². The zero-order valence-corrected chi connectivity index (χ0v) is 13.1. The molecule has 1 heterocycles. The van der Waals surface area contributed by atoms with Gasteiger partial charge in [0.05, 0.1) is 11.4 Å². The van der Waals surface area contributed by atoms with Crippen LogP contribution in [0.3, 0.4) is 0 Å². The number of nitrogens with zero attached hydrogens (tertiary/aromatic N) is 1.